The first-order valence-electron chi connectivity index (χ1n) is 10.0. The van der Waals surface area contributed by atoms with Gasteiger partial charge in [0.05, 0.1) is 31.4 Å². The highest BCUT2D eigenvalue weighted by Crippen LogP contribution is 2.61. The highest BCUT2D eigenvalue weighted by atomic mass is 16.5. The summed E-state index contributed by atoms with van der Waals surface area (Å²) in [5, 5.41) is 0. The van der Waals surface area contributed by atoms with Crippen LogP contribution < -0.4 is 4.90 Å². The molecule has 4 aliphatic heterocycles. The zero-order valence-electron chi connectivity index (χ0n) is 16.6. The number of hydrogen-bond donors (Lipinski definition) is 0. The van der Waals surface area contributed by atoms with Crippen LogP contribution in [0.15, 0.2) is 30.3 Å². The molecule has 1 saturated heterocycles. The monoisotopic (exact) mass is 396 g/mol. The summed E-state index contributed by atoms with van der Waals surface area (Å²) in [6.45, 7) is 0.493. The fourth-order valence-corrected chi connectivity index (χ4v) is 6.19. The number of ether oxygens (including phenoxy) is 2. The van der Waals surface area contributed by atoms with Crippen molar-refractivity contribution in [3.63, 3.8) is 0 Å². The number of nitrogens with zero attached hydrogens (tertiary/aromatic N) is 2. The summed E-state index contributed by atoms with van der Waals surface area (Å²) in [4.78, 5) is 42.4. The fourth-order valence-electron chi connectivity index (χ4n) is 6.19. The molecule has 7 nitrogen and oxygen atoms in total. The van der Waals surface area contributed by atoms with Crippen LogP contribution in [0.1, 0.15) is 37.7 Å². The number of carbonyl (C=O) groups is 3. The number of benzene rings is 1. The van der Waals surface area contributed by atoms with E-state index in [1.165, 1.54) is 14.2 Å². The number of amides is 2. The molecule has 1 saturated carbocycles. The second-order valence-electron chi connectivity index (χ2n) is 8.37. The van der Waals surface area contributed by atoms with Gasteiger partial charge in [0.25, 0.3) is 0 Å². The van der Waals surface area contributed by atoms with E-state index in [0.29, 0.717) is 25.8 Å². The smallest absolute Gasteiger partial charge is 0.414 e. The molecule has 0 radical (unpaired) electrons. The van der Waals surface area contributed by atoms with Crippen molar-refractivity contribution < 1.29 is 23.9 Å². The maximum absolute atomic E-state index is 13.1. The van der Waals surface area contributed by atoms with Gasteiger partial charge in [-0.2, -0.15) is 0 Å². The van der Waals surface area contributed by atoms with E-state index in [4.69, 9.17) is 9.47 Å². The summed E-state index contributed by atoms with van der Waals surface area (Å²) >= 11 is 0. The van der Waals surface area contributed by atoms with E-state index in [0.717, 1.165) is 29.7 Å². The third kappa shape index (κ3) is 2.16. The molecule has 3 atom stereocenters. The Kier molecular flexibility index (Phi) is 3.82. The number of fused-ring (bicyclic) bond motifs is 4. The molecule has 0 unspecified atom stereocenters. The Morgan fingerprint density at radius 2 is 1.90 bits per heavy atom. The zero-order chi connectivity index (χ0) is 20.4. The third-order valence-corrected chi connectivity index (χ3v) is 7.43. The topological polar surface area (TPSA) is 76.2 Å². The molecule has 7 heteroatoms. The molecule has 152 valence electrons. The number of esters is 1. The van der Waals surface area contributed by atoms with Crippen LogP contribution in [0, 0.1) is 5.92 Å². The van der Waals surface area contributed by atoms with Crippen molar-refractivity contribution in [1.82, 2.24) is 4.90 Å². The molecule has 2 bridgehead atoms. The number of hydrogen-bond acceptors (Lipinski definition) is 5. The largest absolute Gasteiger partial charge is 0.469 e. The molecular formula is C22H24N2O5. The lowest BCUT2D eigenvalue weighted by molar-refractivity contribution is -0.152. The molecule has 1 aromatic carbocycles. The predicted molar refractivity (Wildman–Crippen MR) is 105 cm³/mol. The summed E-state index contributed by atoms with van der Waals surface area (Å²) < 4.78 is 10.4. The molecule has 5 aliphatic rings. The number of carbonyl (C=O) groups excluding carboxylic acids is 3. The van der Waals surface area contributed by atoms with Gasteiger partial charge in [-0.15, -0.1) is 0 Å². The minimum atomic E-state index is -0.854. The summed E-state index contributed by atoms with van der Waals surface area (Å²) in [5.41, 5.74) is 1.37. The van der Waals surface area contributed by atoms with E-state index in [1.54, 1.807) is 4.90 Å². The van der Waals surface area contributed by atoms with Gasteiger partial charge in [0.1, 0.15) is 0 Å². The first-order chi connectivity index (χ1) is 14.0. The van der Waals surface area contributed by atoms with Gasteiger partial charge in [-0.1, -0.05) is 24.3 Å². The second kappa shape index (κ2) is 6.08. The van der Waals surface area contributed by atoms with Crippen LogP contribution in [-0.4, -0.2) is 54.7 Å². The van der Waals surface area contributed by atoms with Gasteiger partial charge in [-0.05, 0) is 37.3 Å². The van der Waals surface area contributed by atoms with Gasteiger partial charge in [0.15, 0.2) is 0 Å². The van der Waals surface area contributed by atoms with Crippen molar-refractivity contribution in [2.24, 2.45) is 5.92 Å². The van der Waals surface area contributed by atoms with E-state index in [-0.39, 0.29) is 17.4 Å². The first kappa shape index (κ1) is 18.2. The normalized spacial score (nSPS) is 33.8. The molecule has 2 amide bonds. The van der Waals surface area contributed by atoms with Crippen molar-refractivity contribution in [3.8, 4) is 0 Å². The molecule has 1 aromatic rings. The van der Waals surface area contributed by atoms with Gasteiger partial charge in [0.2, 0.25) is 5.91 Å². The first-order valence-corrected chi connectivity index (χ1v) is 10.0. The Labute approximate surface area is 169 Å². The summed E-state index contributed by atoms with van der Waals surface area (Å²) in [6, 6.07) is 7.66. The van der Waals surface area contributed by atoms with Crippen molar-refractivity contribution >= 4 is 29.2 Å². The Balaban J connectivity index is 1.79. The van der Waals surface area contributed by atoms with Crippen LogP contribution in [-0.2, 0) is 19.1 Å². The van der Waals surface area contributed by atoms with Gasteiger partial charge < -0.3 is 14.4 Å². The molecule has 0 N–H and O–H groups in total. The fraction of sp³-hybridized carbons (Fsp3) is 0.500. The van der Waals surface area contributed by atoms with Gasteiger partial charge in [-0.3, -0.25) is 14.5 Å². The number of para-hydroxylation sites is 1. The van der Waals surface area contributed by atoms with Crippen LogP contribution in [0.5, 0.6) is 0 Å². The van der Waals surface area contributed by atoms with Crippen molar-refractivity contribution in [3.05, 3.63) is 35.9 Å². The molecular weight excluding hydrogens is 372 g/mol. The molecule has 1 aliphatic carbocycles. The molecule has 2 spiro atoms. The zero-order valence-corrected chi connectivity index (χ0v) is 16.6. The van der Waals surface area contributed by atoms with Crippen molar-refractivity contribution in [2.75, 3.05) is 25.7 Å². The maximum Gasteiger partial charge on any atom is 0.414 e. The minimum Gasteiger partial charge on any atom is -0.469 e. The van der Waals surface area contributed by atoms with Crippen molar-refractivity contribution in [2.45, 2.75) is 43.2 Å². The lowest BCUT2D eigenvalue weighted by Crippen LogP contribution is -2.65. The number of anilines is 1. The lowest BCUT2D eigenvalue weighted by atomic mass is 9.60. The van der Waals surface area contributed by atoms with Gasteiger partial charge >= 0.3 is 12.1 Å². The van der Waals surface area contributed by atoms with E-state index in [9.17, 15) is 14.4 Å². The van der Waals surface area contributed by atoms with Gasteiger partial charge in [0, 0.05) is 24.1 Å². The molecule has 0 aromatic heterocycles. The van der Waals surface area contributed by atoms with Crippen LogP contribution in [0.3, 0.4) is 0 Å². The average molecular weight is 396 g/mol. The van der Waals surface area contributed by atoms with E-state index < -0.39 is 17.6 Å². The highest BCUT2D eigenvalue weighted by molar-refractivity contribution is 6.06. The maximum atomic E-state index is 13.1. The number of methoxy groups -OCH3 is 2. The number of rotatable bonds is 1. The van der Waals surface area contributed by atoms with E-state index in [2.05, 4.69) is 0 Å². The Bertz CT molecular complexity index is 956. The van der Waals surface area contributed by atoms with Crippen LogP contribution in [0.2, 0.25) is 0 Å². The SMILES string of the molecule is COC(=O)[C@@H]1C[C@]23CCC(=O)N2C/C=C2/c4ccccc4N(C(=O)OC)[C@@]21CC3. The quantitative estimate of drug-likeness (QED) is 0.683. The van der Waals surface area contributed by atoms with Crippen molar-refractivity contribution in [1.29, 1.82) is 0 Å². The second-order valence-corrected chi connectivity index (χ2v) is 8.37. The average Bonchev–Trinajstić information content (AvgIpc) is 3.16. The Hall–Kier alpha value is -2.83. The third-order valence-electron chi connectivity index (χ3n) is 7.43. The van der Waals surface area contributed by atoms with Crippen LogP contribution in [0.4, 0.5) is 10.5 Å². The molecule has 4 heterocycles. The summed E-state index contributed by atoms with van der Waals surface area (Å²) in [5.74, 6) is -0.790. The summed E-state index contributed by atoms with van der Waals surface area (Å²) in [7, 11) is 2.75. The molecule has 6 rings (SSSR count). The summed E-state index contributed by atoms with van der Waals surface area (Å²) in [6.07, 6.45) is 4.60. The highest BCUT2D eigenvalue weighted by Gasteiger charge is 2.65. The Morgan fingerprint density at radius 3 is 2.66 bits per heavy atom. The van der Waals surface area contributed by atoms with Gasteiger partial charge in [-0.25, -0.2) is 4.79 Å². The molecule has 2 fully saturated rings. The minimum absolute atomic E-state index is 0.135. The lowest BCUT2D eigenvalue weighted by Gasteiger charge is -2.55. The standard InChI is InChI=1S/C22H24N2O5/c1-28-19(26)16-13-21-9-7-18(25)23(21)12-8-15-14-5-3-4-6-17(14)24(20(27)29-2)22(15,16)11-10-21/h3-6,8,16H,7,9-13H2,1-2H3/b15-8-/t16-,21+,22-/m0/s1. The predicted octanol–water partition coefficient (Wildman–Crippen LogP) is 2.74. The van der Waals surface area contributed by atoms with E-state index in [1.807, 2.05) is 35.2 Å². The molecule has 29 heavy (non-hydrogen) atoms. The van der Waals surface area contributed by atoms with Crippen LogP contribution in [0.25, 0.3) is 5.57 Å². The van der Waals surface area contributed by atoms with Crippen LogP contribution >= 0.6 is 0 Å². The Morgan fingerprint density at radius 1 is 1.10 bits per heavy atom. The van der Waals surface area contributed by atoms with E-state index >= 15 is 0 Å².